The predicted molar refractivity (Wildman–Crippen MR) is 67.3 cm³/mol. The van der Waals surface area contributed by atoms with Gasteiger partial charge in [-0.1, -0.05) is 26.2 Å². The summed E-state index contributed by atoms with van der Waals surface area (Å²) in [5.74, 6) is 0. The van der Waals surface area contributed by atoms with Crippen LogP contribution in [0.4, 0.5) is 0 Å². The van der Waals surface area contributed by atoms with Gasteiger partial charge in [0.05, 0.1) is 0 Å². The van der Waals surface area contributed by atoms with E-state index in [4.69, 9.17) is 0 Å². The van der Waals surface area contributed by atoms with Crippen molar-refractivity contribution < 1.29 is 0 Å². The third-order valence-corrected chi connectivity index (χ3v) is 3.75. The normalized spacial score (nSPS) is 25.4. The van der Waals surface area contributed by atoms with E-state index in [1.54, 1.807) is 0 Å². The summed E-state index contributed by atoms with van der Waals surface area (Å²) in [6.45, 7) is 7.23. The van der Waals surface area contributed by atoms with Gasteiger partial charge in [-0.3, -0.25) is 4.90 Å². The maximum Gasteiger partial charge on any atom is 0.0246 e. The van der Waals surface area contributed by atoms with Crippen molar-refractivity contribution in [2.75, 3.05) is 20.1 Å². The fourth-order valence-corrected chi connectivity index (χ4v) is 2.62. The summed E-state index contributed by atoms with van der Waals surface area (Å²) in [6.07, 6.45) is 8.30. The Balaban J connectivity index is 2.35. The second-order valence-electron chi connectivity index (χ2n) is 4.88. The third-order valence-electron chi connectivity index (χ3n) is 3.75. The highest BCUT2D eigenvalue weighted by Crippen LogP contribution is 2.20. The molecule has 90 valence electrons. The molecule has 0 aromatic carbocycles. The van der Waals surface area contributed by atoms with Crippen LogP contribution in [0.5, 0.6) is 0 Å². The Morgan fingerprint density at radius 3 is 2.80 bits per heavy atom. The lowest BCUT2D eigenvalue weighted by Crippen LogP contribution is -2.50. The van der Waals surface area contributed by atoms with Crippen LogP contribution < -0.4 is 5.32 Å². The third kappa shape index (κ3) is 4.12. The van der Waals surface area contributed by atoms with E-state index in [2.05, 4.69) is 31.1 Å². The number of rotatable bonds is 6. The van der Waals surface area contributed by atoms with E-state index in [1.165, 1.54) is 51.6 Å². The Morgan fingerprint density at radius 1 is 1.33 bits per heavy atom. The quantitative estimate of drug-likeness (QED) is 0.681. The fourth-order valence-electron chi connectivity index (χ4n) is 2.62. The van der Waals surface area contributed by atoms with E-state index < -0.39 is 0 Å². The van der Waals surface area contributed by atoms with E-state index >= 15 is 0 Å². The number of likely N-dealkylation sites (N-methyl/N-ethyl adjacent to an activating group) is 1. The molecule has 0 spiro atoms. The zero-order chi connectivity index (χ0) is 11.1. The summed E-state index contributed by atoms with van der Waals surface area (Å²) >= 11 is 0. The highest BCUT2D eigenvalue weighted by molar-refractivity contribution is 4.84. The van der Waals surface area contributed by atoms with Crippen LogP contribution in [-0.4, -0.2) is 37.1 Å². The van der Waals surface area contributed by atoms with Gasteiger partial charge in [-0.25, -0.2) is 0 Å². The molecule has 2 nitrogen and oxygen atoms in total. The summed E-state index contributed by atoms with van der Waals surface area (Å²) in [6, 6.07) is 1.42. The van der Waals surface area contributed by atoms with Crippen LogP contribution in [0.1, 0.15) is 52.4 Å². The zero-order valence-corrected chi connectivity index (χ0v) is 10.8. The maximum absolute atomic E-state index is 3.41. The molecule has 2 heteroatoms. The molecule has 1 aliphatic heterocycles. The van der Waals surface area contributed by atoms with E-state index in [1.807, 2.05) is 0 Å². The van der Waals surface area contributed by atoms with Crippen molar-refractivity contribution in [3.05, 3.63) is 0 Å². The molecule has 2 unspecified atom stereocenters. The van der Waals surface area contributed by atoms with Crippen LogP contribution in [0.3, 0.4) is 0 Å². The molecule has 1 saturated heterocycles. The molecule has 1 rings (SSSR count). The number of unbranched alkanes of at least 4 members (excludes halogenated alkanes) is 2. The molecule has 0 saturated carbocycles. The molecule has 1 N–H and O–H groups in total. The van der Waals surface area contributed by atoms with Crippen molar-refractivity contribution in [3.8, 4) is 0 Å². The highest BCUT2D eigenvalue weighted by Gasteiger charge is 2.25. The maximum atomic E-state index is 3.41. The van der Waals surface area contributed by atoms with Gasteiger partial charge in [-0.05, 0) is 46.3 Å². The average molecular weight is 212 g/mol. The lowest BCUT2D eigenvalue weighted by molar-refractivity contribution is 0.119. The van der Waals surface area contributed by atoms with E-state index in [-0.39, 0.29) is 0 Å². The molecule has 1 fully saturated rings. The van der Waals surface area contributed by atoms with Gasteiger partial charge < -0.3 is 5.32 Å². The van der Waals surface area contributed by atoms with Crippen LogP contribution in [0.25, 0.3) is 0 Å². The molecule has 1 heterocycles. The Labute approximate surface area is 95.4 Å². The van der Waals surface area contributed by atoms with Gasteiger partial charge in [-0.2, -0.15) is 0 Å². The van der Waals surface area contributed by atoms with Crippen molar-refractivity contribution in [1.29, 1.82) is 0 Å². The van der Waals surface area contributed by atoms with Gasteiger partial charge in [0.1, 0.15) is 0 Å². The summed E-state index contributed by atoms with van der Waals surface area (Å²) in [5.41, 5.74) is 0. The van der Waals surface area contributed by atoms with Crippen molar-refractivity contribution in [1.82, 2.24) is 10.2 Å². The van der Waals surface area contributed by atoms with Gasteiger partial charge >= 0.3 is 0 Å². The molecular weight excluding hydrogens is 184 g/mol. The Bertz CT molecular complexity index is 159. The van der Waals surface area contributed by atoms with Gasteiger partial charge in [0.2, 0.25) is 0 Å². The zero-order valence-electron chi connectivity index (χ0n) is 10.8. The molecular formula is C13H28N2. The fraction of sp³-hybridized carbons (Fsp3) is 1.00. The van der Waals surface area contributed by atoms with Gasteiger partial charge in [0.25, 0.3) is 0 Å². The number of likely N-dealkylation sites (tertiary alicyclic amines) is 1. The van der Waals surface area contributed by atoms with Crippen molar-refractivity contribution in [2.45, 2.75) is 64.5 Å². The number of hydrogen-bond acceptors (Lipinski definition) is 2. The second-order valence-corrected chi connectivity index (χ2v) is 4.88. The van der Waals surface area contributed by atoms with E-state index in [9.17, 15) is 0 Å². The summed E-state index contributed by atoms with van der Waals surface area (Å²) in [7, 11) is 2.09. The monoisotopic (exact) mass is 212 g/mol. The molecule has 1 aliphatic rings. The Kier molecular flexibility index (Phi) is 6.26. The van der Waals surface area contributed by atoms with Crippen LogP contribution in [0.15, 0.2) is 0 Å². The number of piperidine rings is 1. The lowest BCUT2D eigenvalue weighted by Gasteiger charge is -2.39. The molecule has 15 heavy (non-hydrogen) atoms. The second kappa shape index (κ2) is 7.24. The summed E-state index contributed by atoms with van der Waals surface area (Å²) in [4.78, 5) is 2.71. The SMILES string of the molecule is CCCCCN1CCCCC1C(C)NC. The molecule has 0 bridgehead atoms. The first-order valence-corrected chi connectivity index (χ1v) is 6.71. The average Bonchev–Trinajstić information content (AvgIpc) is 2.29. The molecule has 0 radical (unpaired) electrons. The van der Waals surface area contributed by atoms with Gasteiger partial charge in [0.15, 0.2) is 0 Å². The minimum Gasteiger partial charge on any atom is -0.316 e. The van der Waals surface area contributed by atoms with Crippen molar-refractivity contribution >= 4 is 0 Å². The van der Waals surface area contributed by atoms with Crippen LogP contribution in [0.2, 0.25) is 0 Å². The van der Waals surface area contributed by atoms with Gasteiger partial charge in [0, 0.05) is 12.1 Å². The number of hydrogen-bond donors (Lipinski definition) is 1. The molecule has 0 aliphatic carbocycles. The highest BCUT2D eigenvalue weighted by atomic mass is 15.2. The molecule has 2 atom stereocenters. The first kappa shape index (κ1) is 13.0. The molecule has 0 aromatic heterocycles. The van der Waals surface area contributed by atoms with Crippen LogP contribution >= 0.6 is 0 Å². The minimum absolute atomic E-state index is 0.645. The standard InChI is InChI=1S/C13H28N2/c1-4-5-7-10-15-11-8-6-9-13(15)12(2)14-3/h12-14H,4-11H2,1-3H3. The van der Waals surface area contributed by atoms with E-state index in [0.717, 1.165) is 6.04 Å². The first-order valence-electron chi connectivity index (χ1n) is 6.71. The predicted octanol–water partition coefficient (Wildman–Crippen LogP) is 2.64. The number of nitrogens with zero attached hydrogens (tertiary/aromatic N) is 1. The topological polar surface area (TPSA) is 15.3 Å². The molecule has 0 aromatic rings. The van der Waals surface area contributed by atoms with Crippen LogP contribution in [0, 0.1) is 0 Å². The van der Waals surface area contributed by atoms with E-state index in [0.29, 0.717) is 6.04 Å². The Morgan fingerprint density at radius 2 is 2.13 bits per heavy atom. The van der Waals surface area contributed by atoms with Crippen LogP contribution in [-0.2, 0) is 0 Å². The lowest BCUT2D eigenvalue weighted by atomic mass is 9.96. The first-order chi connectivity index (χ1) is 7.29. The Hall–Kier alpha value is -0.0800. The minimum atomic E-state index is 0.645. The number of nitrogens with one attached hydrogen (secondary N) is 1. The van der Waals surface area contributed by atoms with Crippen molar-refractivity contribution in [2.24, 2.45) is 0 Å². The van der Waals surface area contributed by atoms with Gasteiger partial charge in [-0.15, -0.1) is 0 Å². The summed E-state index contributed by atoms with van der Waals surface area (Å²) in [5, 5.41) is 3.41. The molecule has 0 amide bonds. The van der Waals surface area contributed by atoms with Crippen molar-refractivity contribution in [3.63, 3.8) is 0 Å². The summed E-state index contributed by atoms with van der Waals surface area (Å²) < 4.78 is 0. The smallest absolute Gasteiger partial charge is 0.0246 e. The largest absolute Gasteiger partial charge is 0.316 e.